The number of H-pyrrole nitrogens is 1. The normalized spacial score (nSPS) is 19.2. The van der Waals surface area contributed by atoms with Crippen LogP contribution in [0.2, 0.25) is 5.02 Å². The molecule has 1 aromatic carbocycles. The minimum absolute atomic E-state index is 0.0293. The average Bonchev–Trinajstić information content (AvgIpc) is 3.45. The number of nitrogens with one attached hydrogen (secondary N) is 1. The number of rotatable bonds is 4. The van der Waals surface area contributed by atoms with Gasteiger partial charge in [-0.05, 0) is 31.0 Å². The van der Waals surface area contributed by atoms with E-state index in [1.807, 2.05) is 24.3 Å². The Kier molecular flexibility index (Phi) is 4.40. The molecule has 4 aromatic rings. The molecule has 1 aliphatic heterocycles. The first-order chi connectivity index (χ1) is 14.1. The van der Waals surface area contributed by atoms with E-state index in [1.54, 1.807) is 6.92 Å². The Morgan fingerprint density at radius 3 is 2.97 bits per heavy atom. The summed E-state index contributed by atoms with van der Waals surface area (Å²) in [6.07, 6.45) is 2.17. The molecule has 1 fully saturated rings. The van der Waals surface area contributed by atoms with Crippen LogP contribution in [-0.2, 0) is 11.3 Å². The summed E-state index contributed by atoms with van der Waals surface area (Å²) < 4.78 is 12.7. The first-order valence-corrected chi connectivity index (χ1v) is 9.56. The lowest BCUT2D eigenvalue weighted by molar-refractivity contribution is 0.110. The van der Waals surface area contributed by atoms with Gasteiger partial charge in [0.2, 0.25) is 5.89 Å². The molecule has 10 heteroatoms. The van der Waals surface area contributed by atoms with Crippen LogP contribution in [0.1, 0.15) is 41.4 Å². The van der Waals surface area contributed by atoms with Gasteiger partial charge in [0.15, 0.2) is 11.5 Å². The van der Waals surface area contributed by atoms with E-state index in [9.17, 15) is 4.79 Å². The van der Waals surface area contributed by atoms with Crippen LogP contribution in [0.15, 0.2) is 39.9 Å². The van der Waals surface area contributed by atoms with Crippen LogP contribution in [0.5, 0.6) is 0 Å². The number of hydrogen-bond donors (Lipinski definition) is 1. The van der Waals surface area contributed by atoms with Crippen LogP contribution in [0.4, 0.5) is 0 Å². The minimum Gasteiger partial charge on any atom is -0.373 e. The molecule has 2 atom stereocenters. The van der Waals surface area contributed by atoms with Gasteiger partial charge >= 0.3 is 0 Å². The molecule has 0 radical (unpaired) electrons. The lowest BCUT2D eigenvalue weighted by atomic mass is 10.0. The highest BCUT2D eigenvalue weighted by Crippen LogP contribution is 2.37. The molecule has 1 N–H and O–H groups in total. The molecule has 29 heavy (non-hydrogen) atoms. The molecule has 1 aliphatic rings. The number of fused-ring (bicyclic) bond motifs is 1. The van der Waals surface area contributed by atoms with E-state index in [0.717, 1.165) is 12.0 Å². The second-order valence-electron chi connectivity index (χ2n) is 7.06. The molecule has 0 unspecified atom stereocenters. The summed E-state index contributed by atoms with van der Waals surface area (Å²) in [4.78, 5) is 21.3. The molecule has 148 valence electrons. The molecule has 0 aliphatic carbocycles. The zero-order valence-electron chi connectivity index (χ0n) is 15.5. The van der Waals surface area contributed by atoms with Gasteiger partial charge in [0, 0.05) is 10.9 Å². The summed E-state index contributed by atoms with van der Waals surface area (Å²) in [5.74, 6) is 0.957. The van der Waals surface area contributed by atoms with E-state index in [2.05, 4.69) is 25.3 Å². The number of aromatic nitrogens is 6. The summed E-state index contributed by atoms with van der Waals surface area (Å²) in [5.41, 5.74) is 1.94. The van der Waals surface area contributed by atoms with Crippen molar-refractivity contribution < 1.29 is 9.26 Å². The summed E-state index contributed by atoms with van der Waals surface area (Å²) in [7, 11) is 0. The van der Waals surface area contributed by atoms with E-state index < -0.39 is 0 Å². The Bertz CT molecular complexity index is 1230. The summed E-state index contributed by atoms with van der Waals surface area (Å²) >= 11 is 5.95. The standard InChI is InChI=1S/C19H17ClN6O3/c1-10-16-18(24-23-10)21-9-26(19(16)27)7-15-22-17(25-29-15)12-6-14(28-8-12)11-2-4-13(20)5-3-11/h2-5,9,12,14H,6-8H2,1H3,(H,23,24)/t12-,14+/m0/s1. The number of ether oxygens (including phenoxy) is 1. The molecule has 5 rings (SSSR count). The van der Waals surface area contributed by atoms with Crippen LogP contribution in [-0.4, -0.2) is 36.5 Å². The van der Waals surface area contributed by atoms with Gasteiger partial charge < -0.3 is 9.26 Å². The van der Waals surface area contributed by atoms with Crippen LogP contribution in [0.3, 0.4) is 0 Å². The van der Waals surface area contributed by atoms with Crippen molar-refractivity contribution >= 4 is 22.6 Å². The van der Waals surface area contributed by atoms with Gasteiger partial charge in [-0.25, -0.2) is 4.98 Å². The Labute approximate surface area is 169 Å². The highest BCUT2D eigenvalue weighted by molar-refractivity contribution is 6.30. The minimum atomic E-state index is -0.201. The van der Waals surface area contributed by atoms with Crippen molar-refractivity contribution in [1.82, 2.24) is 29.9 Å². The van der Waals surface area contributed by atoms with Gasteiger partial charge in [-0.2, -0.15) is 10.1 Å². The van der Waals surface area contributed by atoms with E-state index in [0.29, 0.717) is 40.1 Å². The fourth-order valence-corrected chi connectivity index (χ4v) is 3.69. The SMILES string of the molecule is Cc1n[nH]c2ncn(Cc3nc([C@@H]4CO[C@@H](c5ccc(Cl)cc5)C4)no3)c(=O)c12. The van der Waals surface area contributed by atoms with Crippen molar-refractivity contribution in [1.29, 1.82) is 0 Å². The number of aromatic amines is 1. The van der Waals surface area contributed by atoms with Crippen molar-refractivity contribution in [3.63, 3.8) is 0 Å². The molecule has 0 spiro atoms. The highest BCUT2D eigenvalue weighted by Gasteiger charge is 2.31. The molecule has 0 amide bonds. The lowest BCUT2D eigenvalue weighted by Gasteiger charge is -2.09. The summed E-state index contributed by atoms with van der Waals surface area (Å²) in [6.45, 7) is 2.41. The van der Waals surface area contributed by atoms with Gasteiger partial charge in [-0.3, -0.25) is 14.5 Å². The van der Waals surface area contributed by atoms with E-state index in [1.165, 1.54) is 10.9 Å². The molecule has 0 bridgehead atoms. The number of nitrogens with zero attached hydrogens (tertiary/aromatic N) is 5. The Hall–Kier alpha value is -3.04. The number of hydrogen-bond acceptors (Lipinski definition) is 7. The van der Waals surface area contributed by atoms with Crippen molar-refractivity contribution in [2.75, 3.05) is 6.61 Å². The zero-order chi connectivity index (χ0) is 20.0. The van der Waals surface area contributed by atoms with Crippen molar-refractivity contribution in [3.8, 4) is 0 Å². The lowest BCUT2D eigenvalue weighted by Crippen LogP contribution is -2.21. The van der Waals surface area contributed by atoms with Crippen molar-refractivity contribution in [2.24, 2.45) is 0 Å². The zero-order valence-corrected chi connectivity index (χ0v) is 16.3. The number of aryl methyl sites for hydroxylation is 1. The number of benzene rings is 1. The monoisotopic (exact) mass is 412 g/mol. The van der Waals surface area contributed by atoms with E-state index >= 15 is 0 Å². The molecular weight excluding hydrogens is 396 g/mol. The molecule has 0 saturated carbocycles. The molecule has 3 aromatic heterocycles. The average molecular weight is 413 g/mol. The van der Waals surface area contributed by atoms with Gasteiger partial charge in [0.05, 0.1) is 18.4 Å². The van der Waals surface area contributed by atoms with Crippen LogP contribution in [0, 0.1) is 6.92 Å². The maximum absolute atomic E-state index is 12.6. The first kappa shape index (κ1) is 18.0. The predicted molar refractivity (Wildman–Crippen MR) is 104 cm³/mol. The van der Waals surface area contributed by atoms with Gasteiger partial charge in [0.1, 0.15) is 18.3 Å². The summed E-state index contributed by atoms with van der Waals surface area (Å²) in [6, 6.07) is 7.63. The van der Waals surface area contributed by atoms with Crippen LogP contribution < -0.4 is 5.56 Å². The number of halogens is 1. The third kappa shape index (κ3) is 3.32. The Morgan fingerprint density at radius 2 is 2.14 bits per heavy atom. The molecular formula is C19H17ClN6O3. The van der Waals surface area contributed by atoms with Gasteiger partial charge in [-0.1, -0.05) is 28.9 Å². The summed E-state index contributed by atoms with van der Waals surface area (Å²) in [5, 5.41) is 12.0. The van der Waals surface area contributed by atoms with Crippen molar-refractivity contribution in [3.05, 3.63) is 68.9 Å². The van der Waals surface area contributed by atoms with Crippen LogP contribution in [0.25, 0.3) is 11.0 Å². The van der Waals surface area contributed by atoms with E-state index in [-0.39, 0.29) is 24.1 Å². The Morgan fingerprint density at radius 1 is 1.31 bits per heavy atom. The second-order valence-corrected chi connectivity index (χ2v) is 7.50. The van der Waals surface area contributed by atoms with Crippen molar-refractivity contribution in [2.45, 2.75) is 31.9 Å². The third-order valence-corrected chi connectivity index (χ3v) is 5.37. The highest BCUT2D eigenvalue weighted by atomic mass is 35.5. The first-order valence-electron chi connectivity index (χ1n) is 9.18. The van der Waals surface area contributed by atoms with Gasteiger partial charge in [-0.15, -0.1) is 0 Å². The fraction of sp³-hybridized carbons (Fsp3) is 0.316. The maximum Gasteiger partial charge on any atom is 0.265 e. The molecule has 9 nitrogen and oxygen atoms in total. The predicted octanol–water partition coefficient (Wildman–Crippen LogP) is 2.76. The van der Waals surface area contributed by atoms with Gasteiger partial charge in [0.25, 0.3) is 5.56 Å². The second kappa shape index (κ2) is 7.09. The molecule has 1 saturated heterocycles. The smallest absolute Gasteiger partial charge is 0.265 e. The third-order valence-electron chi connectivity index (χ3n) is 5.12. The Balaban J connectivity index is 1.32. The topological polar surface area (TPSA) is 112 Å². The largest absolute Gasteiger partial charge is 0.373 e. The van der Waals surface area contributed by atoms with Crippen LogP contribution >= 0.6 is 11.6 Å². The fourth-order valence-electron chi connectivity index (χ4n) is 3.57. The molecule has 4 heterocycles. The quantitative estimate of drug-likeness (QED) is 0.548. The maximum atomic E-state index is 12.6. The van der Waals surface area contributed by atoms with E-state index in [4.69, 9.17) is 20.9 Å².